The van der Waals surface area contributed by atoms with Crippen molar-refractivity contribution in [3.63, 3.8) is 0 Å². The smallest absolute Gasteiger partial charge is 0.0744 e. The Kier molecular flexibility index (Phi) is 74.7. The zero-order chi connectivity index (χ0) is 14.6. The van der Waals surface area contributed by atoms with E-state index < -0.39 is 0 Å². The summed E-state index contributed by atoms with van der Waals surface area (Å²) in [6, 6.07) is 0. The Labute approximate surface area is 156 Å². The lowest BCUT2D eigenvalue weighted by atomic mass is 10.8. The highest BCUT2D eigenvalue weighted by molar-refractivity contribution is 8.48. The average Bonchev–Trinajstić information content (AvgIpc) is 2.43. The largest absolute Gasteiger partial charge is 0.412 e. The second kappa shape index (κ2) is 43.6. The van der Waals surface area contributed by atoms with Crippen LogP contribution >= 0.6 is 40.0 Å². The summed E-state index contributed by atoms with van der Waals surface area (Å²) in [5.41, 5.74) is 1.15. The molecular formula is C13H42N2O4P2S2. The first-order valence-electron chi connectivity index (χ1n) is 6.53. The van der Waals surface area contributed by atoms with Crippen LogP contribution in [0.2, 0.25) is 0 Å². The number of thioether (sulfide) groups is 1. The molecule has 2 unspecified atom stereocenters. The third kappa shape index (κ3) is 51.7. The lowest BCUT2D eigenvalue weighted by Crippen LogP contribution is -2.09. The number of rotatable bonds is 13. The van der Waals surface area contributed by atoms with Crippen molar-refractivity contribution < 1.29 is 20.0 Å². The Hall–Kier alpha value is 1.32. The first-order valence-corrected chi connectivity index (χ1v) is 11.4. The van der Waals surface area contributed by atoms with E-state index in [0.717, 1.165) is 37.6 Å². The Balaban J connectivity index is -0.0000000537. The van der Waals surface area contributed by atoms with Crippen LogP contribution < -0.4 is 10.6 Å². The highest BCUT2D eigenvalue weighted by Gasteiger charge is 1.87. The van der Waals surface area contributed by atoms with Gasteiger partial charge in [-0.15, -0.1) is 11.4 Å². The van der Waals surface area contributed by atoms with Crippen molar-refractivity contribution in [3.05, 3.63) is 0 Å². The molecule has 0 aromatic rings. The normalized spacial score (nSPS) is 9.39. The molecule has 0 aromatic carbocycles. The van der Waals surface area contributed by atoms with Crippen LogP contribution in [0.4, 0.5) is 0 Å². The van der Waals surface area contributed by atoms with E-state index in [1.54, 1.807) is 0 Å². The van der Waals surface area contributed by atoms with Gasteiger partial charge in [0.1, 0.15) is 0 Å². The molecule has 0 aromatic heterocycles. The molecule has 0 spiro atoms. The molecule has 0 saturated heterocycles. The molecule has 10 heteroatoms. The quantitative estimate of drug-likeness (QED) is 0.353. The monoisotopic (exact) mass is 416 g/mol. The van der Waals surface area contributed by atoms with Gasteiger partial charge in [0.15, 0.2) is 0 Å². The van der Waals surface area contributed by atoms with Gasteiger partial charge in [0, 0.05) is 52.1 Å². The molecule has 0 saturated carbocycles. The molecule has 6 N–H and O–H groups in total. The fourth-order valence-corrected chi connectivity index (χ4v) is 4.27. The highest BCUT2D eigenvalue weighted by Crippen LogP contribution is 2.28. The van der Waals surface area contributed by atoms with Crippen molar-refractivity contribution in [2.24, 2.45) is 0 Å². The summed E-state index contributed by atoms with van der Waals surface area (Å²) in [6.07, 6.45) is 0. The topological polar surface area (TPSA) is 106 Å². The molecule has 0 rings (SSSR count). The molecule has 0 heterocycles. The first-order chi connectivity index (χ1) is 9.33. The van der Waals surface area contributed by atoms with Crippen molar-refractivity contribution in [2.45, 2.75) is 28.7 Å². The van der Waals surface area contributed by atoms with Gasteiger partial charge in [-0.1, -0.05) is 14.9 Å². The van der Waals surface area contributed by atoms with Crippen molar-refractivity contribution >= 4 is 40.0 Å². The van der Waals surface area contributed by atoms with Crippen LogP contribution in [-0.4, -0.2) is 68.4 Å². The van der Waals surface area contributed by atoms with Gasteiger partial charge in [0.25, 0.3) is 0 Å². The minimum absolute atomic E-state index is 0. The SMILES string of the molecule is C.C.CCOPCSCCNC.CCOPSCCNC.O.O. The molecular weight excluding hydrogens is 374 g/mol. The van der Waals surface area contributed by atoms with E-state index >= 15 is 0 Å². The standard InChI is InChI=1S/C6H16NOPS.C5H14NOPS.2CH4.2H2O/c1-3-8-9-6-10-5-4-7-2;1-3-7-8-9-5-4-6-2;;;;/h7,9H,3-6H2,1-2H3;6,8H,3-5H2,1-2H3;2*1H4;2*1H2. The van der Waals surface area contributed by atoms with Gasteiger partial charge in [0.2, 0.25) is 0 Å². The molecule has 0 radical (unpaired) electrons. The summed E-state index contributed by atoms with van der Waals surface area (Å²) in [5, 5.41) is 6.17. The molecule has 0 amide bonds. The fraction of sp³-hybridized carbons (Fsp3) is 1.00. The van der Waals surface area contributed by atoms with E-state index in [1.807, 2.05) is 51.1 Å². The number of hydrogen-bond acceptors (Lipinski definition) is 6. The minimum atomic E-state index is 0. The van der Waals surface area contributed by atoms with Gasteiger partial charge >= 0.3 is 0 Å². The molecule has 2 atom stereocenters. The number of hydrogen-bond donors (Lipinski definition) is 2. The van der Waals surface area contributed by atoms with Crippen LogP contribution in [0.25, 0.3) is 0 Å². The van der Waals surface area contributed by atoms with Crippen LogP contribution in [0.1, 0.15) is 28.7 Å². The molecule has 0 bridgehead atoms. The Morgan fingerprint density at radius 3 is 1.87 bits per heavy atom. The Bertz CT molecular complexity index is 145. The predicted octanol–water partition coefficient (Wildman–Crippen LogP) is 2.63. The molecule has 150 valence electrons. The van der Waals surface area contributed by atoms with Crippen molar-refractivity contribution in [1.82, 2.24) is 10.6 Å². The van der Waals surface area contributed by atoms with Crippen LogP contribution in [0.15, 0.2) is 0 Å². The van der Waals surface area contributed by atoms with Gasteiger partial charge in [0.05, 0.1) is 8.01 Å². The molecule has 0 fully saturated rings. The lowest BCUT2D eigenvalue weighted by molar-refractivity contribution is 0.391. The van der Waals surface area contributed by atoms with Gasteiger partial charge < -0.3 is 30.6 Å². The summed E-state index contributed by atoms with van der Waals surface area (Å²) in [5.74, 6) is 2.34. The average molecular weight is 417 g/mol. The summed E-state index contributed by atoms with van der Waals surface area (Å²) < 4.78 is 10.3. The lowest BCUT2D eigenvalue weighted by Gasteiger charge is -2.00. The van der Waals surface area contributed by atoms with Crippen molar-refractivity contribution in [1.29, 1.82) is 0 Å². The summed E-state index contributed by atoms with van der Waals surface area (Å²) in [7, 11) is 5.24. The highest BCUT2D eigenvalue weighted by atomic mass is 32.7. The third-order valence-corrected chi connectivity index (χ3v) is 6.15. The number of nitrogens with one attached hydrogen (secondary N) is 2. The van der Waals surface area contributed by atoms with Gasteiger partial charge in [-0.05, 0) is 27.9 Å². The maximum absolute atomic E-state index is 5.20. The molecule has 0 aliphatic heterocycles. The van der Waals surface area contributed by atoms with E-state index in [9.17, 15) is 0 Å². The van der Waals surface area contributed by atoms with E-state index in [2.05, 4.69) is 10.6 Å². The molecule has 6 nitrogen and oxygen atoms in total. The molecule has 23 heavy (non-hydrogen) atoms. The minimum Gasteiger partial charge on any atom is -0.412 e. The first kappa shape index (κ1) is 39.4. The predicted molar refractivity (Wildman–Crippen MR) is 118 cm³/mol. The van der Waals surface area contributed by atoms with Crippen LogP contribution in [0.3, 0.4) is 0 Å². The van der Waals surface area contributed by atoms with Gasteiger partial charge in [-0.25, -0.2) is 0 Å². The van der Waals surface area contributed by atoms with Gasteiger partial charge in [-0.2, -0.15) is 11.8 Å². The molecule has 0 aliphatic rings. The van der Waals surface area contributed by atoms with Crippen LogP contribution in [-0.2, 0) is 9.05 Å². The second-order valence-corrected chi connectivity index (χ2v) is 8.27. The van der Waals surface area contributed by atoms with Crippen LogP contribution in [0, 0.1) is 0 Å². The maximum Gasteiger partial charge on any atom is 0.0744 e. The van der Waals surface area contributed by atoms with Crippen molar-refractivity contribution in [2.75, 3.05) is 57.4 Å². The summed E-state index contributed by atoms with van der Waals surface area (Å²) >= 11 is 3.79. The van der Waals surface area contributed by atoms with Crippen LogP contribution in [0.5, 0.6) is 0 Å². The third-order valence-electron chi connectivity index (χ3n) is 1.62. The fourth-order valence-electron chi connectivity index (χ4n) is 0.727. The van der Waals surface area contributed by atoms with E-state index in [1.165, 1.54) is 5.75 Å². The zero-order valence-corrected chi connectivity index (χ0v) is 17.2. The maximum atomic E-state index is 5.20. The zero-order valence-electron chi connectivity index (χ0n) is 13.6. The Morgan fingerprint density at radius 2 is 1.39 bits per heavy atom. The summed E-state index contributed by atoms with van der Waals surface area (Å²) in [6.45, 7) is 7.92. The van der Waals surface area contributed by atoms with Crippen molar-refractivity contribution in [3.8, 4) is 0 Å². The van der Waals surface area contributed by atoms with E-state index in [4.69, 9.17) is 9.05 Å². The molecule has 0 aliphatic carbocycles. The van der Waals surface area contributed by atoms with E-state index in [0.29, 0.717) is 16.8 Å². The Morgan fingerprint density at radius 1 is 0.870 bits per heavy atom. The second-order valence-electron chi connectivity index (χ2n) is 3.20. The summed E-state index contributed by atoms with van der Waals surface area (Å²) in [4.78, 5) is 0. The van der Waals surface area contributed by atoms with Gasteiger partial charge in [-0.3, -0.25) is 0 Å². The van der Waals surface area contributed by atoms with E-state index in [-0.39, 0.29) is 25.8 Å².